The molecule has 2 aromatic carbocycles. The summed E-state index contributed by atoms with van der Waals surface area (Å²) in [6.45, 7) is 0. The third-order valence-electron chi connectivity index (χ3n) is 4.43. The van der Waals surface area contributed by atoms with Crippen LogP contribution >= 0.6 is 0 Å². The van der Waals surface area contributed by atoms with E-state index in [2.05, 4.69) is 15.3 Å². The van der Waals surface area contributed by atoms with Crippen molar-refractivity contribution in [2.75, 3.05) is 12.4 Å². The lowest BCUT2D eigenvalue weighted by atomic mass is 9.99. The number of hydrogen-bond donors (Lipinski definition) is 3. The number of phenols is 1. The smallest absolute Gasteiger partial charge is 0.119 e. The van der Waals surface area contributed by atoms with Crippen LogP contribution in [0.15, 0.2) is 73.2 Å². The fourth-order valence-electron chi connectivity index (χ4n) is 3.10. The molecule has 0 aliphatic heterocycles. The van der Waals surface area contributed by atoms with Gasteiger partial charge in [-0.15, -0.1) is 0 Å². The van der Waals surface area contributed by atoms with E-state index in [1.54, 1.807) is 25.4 Å². The number of fused-ring (bicyclic) bond motifs is 1. The first-order valence-electron chi connectivity index (χ1n) is 8.35. The predicted molar refractivity (Wildman–Crippen MR) is 103 cm³/mol. The number of hydrogen-bond acceptors (Lipinski definition) is 4. The molecule has 0 spiro atoms. The molecule has 0 radical (unpaired) electrons. The predicted octanol–water partition coefficient (Wildman–Crippen LogP) is 4.48. The lowest BCUT2D eigenvalue weighted by Crippen LogP contribution is -2.12. The Morgan fingerprint density at radius 3 is 2.69 bits per heavy atom. The van der Waals surface area contributed by atoms with Gasteiger partial charge in [0.25, 0.3) is 0 Å². The Hall–Kier alpha value is -3.47. The highest BCUT2D eigenvalue weighted by atomic mass is 16.5. The second-order valence-electron chi connectivity index (χ2n) is 6.07. The lowest BCUT2D eigenvalue weighted by Gasteiger charge is -2.20. The molecule has 5 nitrogen and oxygen atoms in total. The average molecular weight is 345 g/mol. The van der Waals surface area contributed by atoms with Crippen LogP contribution < -0.4 is 10.1 Å². The van der Waals surface area contributed by atoms with Gasteiger partial charge in [-0.25, -0.2) is 0 Å². The number of methoxy groups -OCH3 is 1. The van der Waals surface area contributed by atoms with Crippen LogP contribution in [0.25, 0.3) is 10.9 Å². The monoisotopic (exact) mass is 345 g/mol. The molecule has 0 aliphatic rings. The molecule has 0 bridgehead atoms. The summed E-state index contributed by atoms with van der Waals surface area (Å²) >= 11 is 0. The summed E-state index contributed by atoms with van der Waals surface area (Å²) in [5.74, 6) is 1.05. The molecule has 0 aliphatic carbocycles. The van der Waals surface area contributed by atoms with Gasteiger partial charge in [0.15, 0.2) is 0 Å². The largest absolute Gasteiger partial charge is 0.508 e. The number of ether oxygens (including phenoxy) is 1. The normalized spacial score (nSPS) is 12.0. The molecule has 4 rings (SSSR count). The minimum atomic E-state index is -0.103. The number of phenolic OH excluding ortho intramolecular Hbond substituents is 1. The van der Waals surface area contributed by atoms with Gasteiger partial charge in [-0.1, -0.05) is 6.07 Å². The van der Waals surface area contributed by atoms with Gasteiger partial charge in [0.1, 0.15) is 11.5 Å². The van der Waals surface area contributed by atoms with E-state index in [0.29, 0.717) is 0 Å². The molecule has 5 heteroatoms. The molecule has 1 unspecified atom stereocenters. The van der Waals surface area contributed by atoms with E-state index in [1.165, 1.54) is 0 Å². The second kappa shape index (κ2) is 6.80. The van der Waals surface area contributed by atoms with Gasteiger partial charge in [-0.3, -0.25) is 4.98 Å². The highest BCUT2D eigenvalue weighted by Crippen LogP contribution is 2.33. The fraction of sp³-hybridized carbons (Fsp3) is 0.0952. The lowest BCUT2D eigenvalue weighted by molar-refractivity contribution is 0.415. The molecule has 2 aromatic heterocycles. The van der Waals surface area contributed by atoms with Crippen molar-refractivity contribution in [3.05, 3.63) is 84.3 Å². The summed E-state index contributed by atoms with van der Waals surface area (Å²) in [5.41, 5.74) is 4.10. The van der Waals surface area contributed by atoms with Gasteiger partial charge >= 0.3 is 0 Å². The minimum absolute atomic E-state index is 0.103. The number of anilines is 1. The van der Waals surface area contributed by atoms with Crippen molar-refractivity contribution in [2.45, 2.75) is 6.04 Å². The van der Waals surface area contributed by atoms with Gasteiger partial charge in [-0.2, -0.15) is 0 Å². The van der Waals surface area contributed by atoms with E-state index in [0.717, 1.165) is 33.5 Å². The number of benzene rings is 2. The average Bonchev–Trinajstić information content (AvgIpc) is 3.11. The molecule has 4 aromatic rings. The third-order valence-corrected chi connectivity index (χ3v) is 4.43. The van der Waals surface area contributed by atoms with E-state index >= 15 is 0 Å². The zero-order valence-electron chi connectivity index (χ0n) is 14.3. The van der Waals surface area contributed by atoms with Gasteiger partial charge in [0.05, 0.1) is 13.2 Å². The van der Waals surface area contributed by atoms with Gasteiger partial charge < -0.3 is 20.1 Å². The molecule has 130 valence electrons. The van der Waals surface area contributed by atoms with Gasteiger partial charge in [0.2, 0.25) is 0 Å². The summed E-state index contributed by atoms with van der Waals surface area (Å²) in [4.78, 5) is 7.60. The van der Waals surface area contributed by atoms with Crippen LogP contribution in [-0.4, -0.2) is 22.2 Å². The second-order valence-corrected chi connectivity index (χ2v) is 6.07. The van der Waals surface area contributed by atoms with Crippen LogP contribution in [0.5, 0.6) is 11.5 Å². The maximum absolute atomic E-state index is 9.53. The zero-order chi connectivity index (χ0) is 17.9. The van der Waals surface area contributed by atoms with Crippen molar-refractivity contribution in [3.63, 3.8) is 0 Å². The number of aromatic hydroxyl groups is 1. The van der Waals surface area contributed by atoms with Crippen molar-refractivity contribution < 1.29 is 9.84 Å². The minimum Gasteiger partial charge on any atom is -0.508 e. The number of aromatic amines is 1. The van der Waals surface area contributed by atoms with Crippen LogP contribution in [0.3, 0.4) is 0 Å². The Kier molecular flexibility index (Phi) is 4.19. The molecule has 0 saturated carbocycles. The number of aromatic nitrogens is 2. The Morgan fingerprint density at radius 1 is 1.12 bits per heavy atom. The topological polar surface area (TPSA) is 70.2 Å². The molecule has 0 amide bonds. The molecule has 0 fully saturated rings. The Balaban J connectivity index is 1.81. The van der Waals surface area contributed by atoms with Crippen LogP contribution in [0.4, 0.5) is 5.69 Å². The zero-order valence-corrected chi connectivity index (χ0v) is 14.3. The van der Waals surface area contributed by atoms with Crippen molar-refractivity contribution >= 4 is 16.6 Å². The van der Waals surface area contributed by atoms with E-state index in [-0.39, 0.29) is 11.8 Å². The highest BCUT2D eigenvalue weighted by molar-refractivity contribution is 5.86. The number of pyridine rings is 1. The van der Waals surface area contributed by atoms with Crippen molar-refractivity contribution in [1.29, 1.82) is 0 Å². The van der Waals surface area contributed by atoms with E-state index < -0.39 is 0 Å². The molecular formula is C21H19N3O2. The summed E-state index contributed by atoms with van der Waals surface area (Å²) in [7, 11) is 1.67. The summed E-state index contributed by atoms with van der Waals surface area (Å²) in [6.07, 6.45) is 5.63. The summed E-state index contributed by atoms with van der Waals surface area (Å²) < 4.78 is 5.39. The number of nitrogens with zero attached hydrogens (tertiary/aromatic N) is 1. The molecule has 2 heterocycles. The van der Waals surface area contributed by atoms with Crippen LogP contribution in [0.1, 0.15) is 17.2 Å². The van der Waals surface area contributed by atoms with Crippen molar-refractivity contribution in [1.82, 2.24) is 9.97 Å². The maximum atomic E-state index is 9.53. The van der Waals surface area contributed by atoms with Crippen LogP contribution in [0, 0.1) is 0 Å². The number of H-pyrrole nitrogens is 1. The molecular weight excluding hydrogens is 326 g/mol. The molecule has 26 heavy (non-hydrogen) atoms. The number of nitrogens with one attached hydrogen (secondary N) is 2. The molecule has 0 saturated heterocycles. The first kappa shape index (κ1) is 16.0. The number of rotatable bonds is 5. The highest BCUT2D eigenvalue weighted by Gasteiger charge is 2.19. The Morgan fingerprint density at radius 2 is 1.96 bits per heavy atom. The van der Waals surface area contributed by atoms with Gasteiger partial charge in [0, 0.05) is 40.7 Å². The summed E-state index contributed by atoms with van der Waals surface area (Å²) in [6, 6.07) is 16.9. The first-order chi connectivity index (χ1) is 12.7. The molecule has 3 N–H and O–H groups in total. The standard InChI is InChI=1S/C21H19N3O2/c1-26-17-8-9-20-18(11-17)19(13-23-20)21(14-3-2-10-22-12-14)24-15-4-6-16(25)7-5-15/h2-13,21,23-25H,1H3. The quantitative estimate of drug-likeness (QED) is 0.467. The summed E-state index contributed by atoms with van der Waals surface area (Å²) in [5, 5.41) is 14.2. The molecule has 1 atom stereocenters. The van der Waals surface area contributed by atoms with E-state index in [9.17, 15) is 5.11 Å². The van der Waals surface area contributed by atoms with Crippen LogP contribution in [-0.2, 0) is 0 Å². The van der Waals surface area contributed by atoms with E-state index in [4.69, 9.17) is 4.74 Å². The first-order valence-corrected chi connectivity index (χ1v) is 8.35. The fourth-order valence-corrected chi connectivity index (χ4v) is 3.10. The Labute approximate surface area is 151 Å². The SMILES string of the molecule is COc1ccc2[nH]cc(C(Nc3ccc(O)cc3)c3cccnc3)c2c1. The van der Waals surface area contributed by atoms with Crippen LogP contribution in [0.2, 0.25) is 0 Å². The van der Waals surface area contributed by atoms with Crippen molar-refractivity contribution in [3.8, 4) is 11.5 Å². The Bertz CT molecular complexity index is 1010. The van der Waals surface area contributed by atoms with Gasteiger partial charge in [-0.05, 0) is 54.1 Å². The third kappa shape index (κ3) is 3.07. The van der Waals surface area contributed by atoms with E-state index in [1.807, 2.05) is 54.9 Å². The van der Waals surface area contributed by atoms with Crippen molar-refractivity contribution in [2.24, 2.45) is 0 Å². The maximum Gasteiger partial charge on any atom is 0.119 e.